The van der Waals surface area contributed by atoms with Gasteiger partial charge in [-0.25, -0.2) is 5.84 Å². The normalized spacial score (nSPS) is 17.1. The van der Waals surface area contributed by atoms with Gasteiger partial charge in [0.1, 0.15) is 6.29 Å². The number of hydrazine groups is 1. The number of nitrogens with zero attached hydrogens (tertiary/aromatic N) is 2. The molecule has 0 aliphatic carbocycles. The van der Waals surface area contributed by atoms with Crippen molar-refractivity contribution in [2.24, 2.45) is 17.3 Å². The number of carbonyl (C=O) groups excluding carboxylic acids is 3. The zero-order chi connectivity index (χ0) is 25.8. The Morgan fingerprint density at radius 2 is 1.81 bits per heavy atom. The number of para-hydroxylation sites is 1. The van der Waals surface area contributed by atoms with Crippen molar-refractivity contribution in [1.29, 1.82) is 0 Å². The molecule has 0 saturated heterocycles. The Balaban J connectivity index is 0.00000648. The van der Waals surface area contributed by atoms with Gasteiger partial charge >= 0.3 is 51.4 Å². The molecular formula is C28H40KN5O3. The third-order valence-corrected chi connectivity index (χ3v) is 5.86. The Kier molecular flexibility index (Phi) is 17.3. The van der Waals surface area contributed by atoms with E-state index in [1.807, 2.05) is 43.3 Å². The van der Waals surface area contributed by atoms with Crippen molar-refractivity contribution >= 4 is 29.5 Å². The van der Waals surface area contributed by atoms with Crippen LogP contribution in [0.2, 0.25) is 0 Å². The molecule has 8 nitrogen and oxygen atoms in total. The molecule has 6 N–H and O–H groups in total. The minimum atomic E-state index is -0.348. The average molecular weight is 534 g/mol. The molecule has 0 unspecified atom stereocenters. The number of hydrogen-bond donors (Lipinski definition) is 3. The molecule has 2 amide bonds. The molecule has 0 aromatic heterocycles. The van der Waals surface area contributed by atoms with Crippen molar-refractivity contribution in [1.82, 2.24) is 5.01 Å². The molecule has 0 spiro atoms. The van der Waals surface area contributed by atoms with Crippen LogP contribution in [0.25, 0.3) is 5.70 Å². The molecule has 2 rings (SSSR count). The summed E-state index contributed by atoms with van der Waals surface area (Å²) in [6.45, 7) is 6.65. The third kappa shape index (κ3) is 9.99. The number of benzene rings is 1. The van der Waals surface area contributed by atoms with Crippen molar-refractivity contribution in [3.8, 4) is 0 Å². The van der Waals surface area contributed by atoms with E-state index in [9.17, 15) is 14.4 Å². The number of allylic oxidation sites excluding steroid dienone is 2. The van der Waals surface area contributed by atoms with Gasteiger partial charge in [0.25, 0.3) is 0 Å². The Labute approximate surface area is 264 Å². The van der Waals surface area contributed by atoms with Crippen LogP contribution in [0.5, 0.6) is 0 Å². The summed E-state index contributed by atoms with van der Waals surface area (Å²) in [4.78, 5) is 36.9. The van der Waals surface area contributed by atoms with E-state index in [0.29, 0.717) is 74.3 Å². The summed E-state index contributed by atoms with van der Waals surface area (Å²) in [5.74, 6) is 6.14. The summed E-state index contributed by atoms with van der Waals surface area (Å²) in [5.41, 5.74) is 16.0. The summed E-state index contributed by atoms with van der Waals surface area (Å²) in [5, 5.41) is 1.57. The first kappa shape index (κ1) is 35.0. The first-order valence-electron chi connectivity index (χ1n) is 12.0. The van der Waals surface area contributed by atoms with Crippen LogP contribution >= 0.6 is 0 Å². The summed E-state index contributed by atoms with van der Waals surface area (Å²) in [6, 6.07) is 7.54. The van der Waals surface area contributed by atoms with E-state index in [2.05, 4.69) is 6.58 Å². The van der Waals surface area contributed by atoms with Gasteiger partial charge in [-0.1, -0.05) is 43.0 Å². The fourth-order valence-corrected chi connectivity index (χ4v) is 4.14. The maximum absolute atomic E-state index is 13.4. The van der Waals surface area contributed by atoms with Gasteiger partial charge in [0, 0.05) is 36.9 Å². The molecule has 0 atom stereocenters. The number of hydrogen-bond acceptors (Lipinski definition) is 6. The second kappa shape index (κ2) is 18.3. The van der Waals surface area contributed by atoms with Crippen LogP contribution in [0.1, 0.15) is 57.4 Å². The average Bonchev–Trinajstić information content (AvgIpc) is 2.83. The zero-order valence-electron chi connectivity index (χ0n) is 22.5. The number of aldehydes is 1. The van der Waals surface area contributed by atoms with Crippen molar-refractivity contribution in [3.63, 3.8) is 0 Å². The number of rotatable bonds is 13. The van der Waals surface area contributed by atoms with Crippen molar-refractivity contribution in [2.45, 2.75) is 51.9 Å². The maximum Gasteiger partial charge on any atom is 1.00 e. The van der Waals surface area contributed by atoms with Crippen LogP contribution in [0.3, 0.4) is 0 Å². The first-order chi connectivity index (χ1) is 16.8. The molecule has 1 aliphatic heterocycles. The molecule has 0 bridgehead atoms. The molecule has 9 heteroatoms. The van der Waals surface area contributed by atoms with Gasteiger partial charge in [0.15, 0.2) is 0 Å². The SMILES string of the molecule is C=CC1=C(\C=C/C)CN(C(=O)CCCCC=O)c2ccccc2/C(N(N)CCCCC(N)=O)=C\1N.[CH3-].[K+]. The van der Waals surface area contributed by atoms with Crippen LogP contribution in [-0.4, -0.2) is 36.2 Å². The summed E-state index contributed by atoms with van der Waals surface area (Å²) >= 11 is 0. The zero-order valence-corrected chi connectivity index (χ0v) is 25.7. The standard InChI is InChI=1S/C27H37N5O3.CH3.K/c1-3-12-20-19-31(25(35)16-6-5-11-18-33)23-14-8-7-13-22(23)27(26(29)21(20)4-2)32(30)17-10-9-15-24(28)34;;/h3-4,7-8,12-14,18H,2,5-6,9-11,15-17,19,29-30H2,1H3,(H2,28,34);1H3;/q;-1;+1/b12-3-,21-20-,27-26-;;. The summed E-state index contributed by atoms with van der Waals surface area (Å²) in [6.07, 6.45) is 9.98. The van der Waals surface area contributed by atoms with E-state index in [0.717, 1.165) is 17.4 Å². The minimum absolute atomic E-state index is 0. The number of anilines is 1. The van der Waals surface area contributed by atoms with E-state index in [4.69, 9.17) is 17.3 Å². The second-order valence-electron chi connectivity index (χ2n) is 8.43. The van der Waals surface area contributed by atoms with Crippen molar-refractivity contribution in [2.75, 3.05) is 18.0 Å². The molecule has 0 saturated carbocycles. The van der Waals surface area contributed by atoms with Gasteiger partial charge in [-0.05, 0) is 44.2 Å². The molecule has 1 heterocycles. The third-order valence-electron chi connectivity index (χ3n) is 5.86. The topological polar surface area (TPSA) is 136 Å². The van der Waals surface area contributed by atoms with E-state index < -0.39 is 0 Å². The Morgan fingerprint density at radius 1 is 1.14 bits per heavy atom. The van der Waals surface area contributed by atoms with Gasteiger partial charge in [0.2, 0.25) is 11.8 Å². The predicted molar refractivity (Wildman–Crippen MR) is 147 cm³/mol. The molecule has 0 fully saturated rings. The van der Waals surface area contributed by atoms with Crippen LogP contribution in [-0.2, 0) is 14.4 Å². The van der Waals surface area contributed by atoms with Gasteiger partial charge in [-0.2, -0.15) is 0 Å². The minimum Gasteiger partial charge on any atom is -0.396 e. The summed E-state index contributed by atoms with van der Waals surface area (Å²) in [7, 11) is 0. The predicted octanol–water partition coefficient (Wildman–Crippen LogP) is 0.764. The van der Waals surface area contributed by atoms with E-state index in [1.165, 1.54) is 0 Å². The van der Waals surface area contributed by atoms with E-state index >= 15 is 0 Å². The van der Waals surface area contributed by atoms with Crippen LogP contribution in [0.15, 0.2) is 65.9 Å². The Bertz CT molecular complexity index is 1030. The monoisotopic (exact) mass is 533 g/mol. The Morgan fingerprint density at radius 3 is 2.43 bits per heavy atom. The van der Waals surface area contributed by atoms with Crippen LogP contribution in [0.4, 0.5) is 5.69 Å². The number of fused-ring (bicyclic) bond motifs is 1. The molecule has 196 valence electrons. The molecule has 37 heavy (non-hydrogen) atoms. The fraction of sp³-hybridized carbons (Fsp3) is 0.357. The van der Waals surface area contributed by atoms with Crippen molar-refractivity contribution in [3.05, 3.63) is 78.9 Å². The molecule has 1 aromatic carbocycles. The smallest absolute Gasteiger partial charge is 0.396 e. The van der Waals surface area contributed by atoms with Gasteiger partial charge < -0.3 is 33.6 Å². The van der Waals surface area contributed by atoms with Gasteiger partial charge in [-0.15, -0.1) is 0 Å². The molecular weight excluding hydrogens is 493 g/mol. The van der Waals surface area contributed by atoms with Crippen LogP contribution in [0, 0.1) is 7.43 Å². The number of unbranched alkanes of at least 4 members (excludes halogenated alkanes) is 3. The number of carbonyl (C=O) groups is 3. The van der Waals surface area contributed by atoms with Gasteiger partial charge in [0.05, 0.1) is 23.6 Å². The van der Waals surface area contributed by atoms with Crippen molar-refractivity contribution < 1.29 is 65.8 Å². The number of amides is 2. The fourth-order valence-electron chi connectivity index (χ4n) is 4.14. The van der Waals surface area contributed by atoms with Crippen LogP contribution < -0.4 is 73.6 Å². The van der Waals surface area contributed by atoms with Gasteiger partial charge in [-0.3, -0.25) is 9.59 Å². The largest absolute Gasteiger partial charge is 1.00 e. The van der Waals surface area contributed by atoms with E-state index in [-0.39, 0.29) is 77.0 Å². The molecule has 0 radical (unpaired) electrons. The summed E-state index contributed by atoms with van der Waals surface area (Å²) < 4.78 is 0. The Hall–Kier alpha value is -2.01. The quantitative estimate of drug-likeness (QED) is 0.0856. The maximum atomic E-state index is 13.4. The molecule has 1 aliphatic rings. The second-order valence-corrected chi connectivity index (χ2v) is 8.43. The van der Waals surface area contributed by atoms with E-state index in [1.54, 1.807) is 16.0 Å². The first-order valence-corrected chi connectivity index (χ1v) is 12.0. The molecule has 1 aromatic rings. The number of nitrogens with two attached hydrogens (primary N) is 3. The number of primary amides is 1.